The highest BCUT2D eigenvalue weighted by molar-refractivity contribution is 5.86. The SMILES string of the molecule is CCCCCCc1ccc2c(CCC(N)(CO)CO)cccc2c1. The summed E-state index contributed by atoms with van der Waals surface area (Å²) < 4.78 is 0. The molecule has 0 spiro atoms. The molecule has 24 heavy (non-hydrogen) atoms. The van der Waals surface area contributed by atoms with Crippen LogP contribution in [0, 0.1) is 0 Å². The smallest absolute Gasteiger partial charge is 0.0633 e. The lowest BCUT2D eigenvalue weighted by molar-refractivity contribution is 0.115. The second kappa shape index (κ2) is 9.16. The lowest BCUT2D eigenvalue weighted by Crippen LogP contribution is -2.47. The van der Waals surface area contributed by atoms with Crippen molar-refractivity contribution in [2.75, 3.05) is 13.2 Å². The van der Waals surface area contributed by atoms with Gasteiger partial charge in [-0.3, -0.25) is 0 Å². The minimum Gasteiger partial charge on any atom is -0.394 e. The maximum atomic E-state index is 9.35. The summed E-state index contributed by atoms with van der Waals surface area (Å²) in [5, 5.41) is 21.2. The Labute approximate surface area is 145 Å². The fourth-order valence-electron chi connectivity index (χ4n) is 3.12. The van der Waals surface area contributed by atoms with Crippen molar-refractivity contribution in [2.24, 2.45) is 5.73 Å². The third-order valence-corrected chi connectivity index (χ3v) is 4.88. The van der Waals surface area contributed by atoms with Crippen LogP contribution in [0.4, 0.5) is 0 Å². The largest absolute Gasteiger partial charge is 0.394 e. The summed E-state index contributed by atoms with van der Waals surface area (Å²) in [6.07, 6.45) is 7.60. The van der Waals surface area contributed by atoms with Crippen LogP contribution in [0.2, 0.25) is 0 Å². The van der Waals surface area contributed by atoms with Crippen LogP contribution in [0.5, 0.6) is 0 Å². The van der Waals surface area contributed by atoms with E-state index in [1.165, 1.54) is 47.6 Å². The molecule has 0 heterocycles. The molecule has 2 rings (SSSR count). The van der Waals surface area contributed by atoms with Gasteiger partial charge in [-0.25, -0.2) is 0 Å². The molecule has 0 aliphatic heterocycles. The maximum absolute atomic E-state index is 9.35. The van der Waals surface area contributed by atoms with Crippen molar-refractivity contribution in [2.45, 2.75) is 57.4 Å². The fraction of sp³-hybridized carbons (Fsp3) is 0.524. The highest BCUT2D eigenvalue weighted by Crippen LogP contribution is 2.24. The van der Waals surface area contributed by atoms with Crippen LogP contribution in [0.3, 0.4) is 0 Å². The number of aliphatic hydroxyl groups excluding tert-OH is 2. The van der Waals surface area contributed by atoms with Crippen LogP contribution in [0.15, 0.2) is 36.4 Å². The van der Waals surface area contributed by atoms with Gasteiger partial charge in [-0.15, -0.1) is 0 Å². The molecule has 0 aliphatic carbocycles. The second-order valence-electron chi connectivity index (χ2n) is 6.96. The van der Waals surface area contributed by atoms with Gasteiger partial charge in [0.25, 0.3) is 0 Å². The van der Waals surface area contributed by atoms with E-state index in [0.717, 1.165) is 12.8 Å². The number of benzene rings is 2. The zero-order valence-electron chi connectivity index (χ0n) is 14.8. The summed E-state index contributed by atoms with van der Waals surface area (Å²) in [5.74, 6) is 0. The zero-order valence-corrected chi connectivity index (χ0v) is 14.8. The number of aliphatic hydroxyl groups is 2. The summed E-state index contributed by atoms with van der Waals surface area (Å²) >= 11 is 0. The van der Waals surface area contributed by atoms with Crippen molar-refractivity contribution in [3.63, 3.8) is 0 Å². The van der Waals surface area contributed by atoms with Gasteiger partial charge in [0.05, 0.1) is 18.8 Å². The summed E-state index contributed by atoms with van der Waals surface area (Å²) in [4.78, 5) is 0. The molecule has 0 atom stereocenters. The van der Waals surface area contributed by atoms with Crippen molar-refractivity contribution in [1.82, 2.24) is 0 Å². The molecule has 132 valence electrons. The molecule has 0 unspecified atom stereocenters. The third-order valence-electron chi connectivity index (χ3n) is 4.88. The van der Waals surface area contributed by atoms with Crippen LogP contribution in [-0.2, 0) is 12.8 Å². The van der Waals surface area contributed by atoms with Crippen LogP contribution in [-0.4, -0.2) is 29.0 Å². The highest BCUT2D eigenvalue weighted by atomic mass is 16.3. The van der Waals surface area contributed by atoms with Gasteiger partial charge < -0.3 is 15.9 Å². The molecule has 0 fully saturated rings. The first-order valence-electron chi connectivity index (χ1n) is 9.13. The monoisotopic (exact) mass is 329 g/mol. The van der Waals surface area contributed by atoms with Crippen molar-refractivity contribution in [1.29, 1.82) is 0 Å². The first-order chi connectivity index (χ1) is 11.6. The molecule has 4 N–H and O–H groups in total. The van der Waals surface area contributed by atoms with Crippen LogP contribution in [0.1, 0.15) is 50.2 Å². The summed E-state index contributed by atoms with van der Waals surface area (Å²) in [6.45, 7) is 1.84. The Hall–Kier alpha value is -1.42. The van der Waals surface area contributed by atoms with Gasteiger partial charge in [-0.05, 0) is 47.6 Å². The number of aryl methyl sites for hydroxylation is 2. The van der Waals surface area contributed by atoms with Crippen molar-refractivity contribution >= 4 is 10.8 Å². The number of hydrogen-bond acceptors (Lipinski definition) is 3. The van der Waals surface area contributed by atoms with Gasteiger partial charge in [0.1, 0.15) is 0 Å². The van der Waals surface area contributed by atoms with Crippen molar-refractivity contribution in [3.05, 3.63) is 47.5 Å². The molecule has 0 radical (unpaired) electrons. The average Bonchev–Trinajstić information content (AvgIpc) is 2.63. The number of fused-ring (bicyclic) bond motifs is 1. The van der Waals surface area contributed by atoms with E-state index in [9.17, 15) is 10.2 Å². The van der Waals surface area contributed by atoms with E-state index in [1.54, 1.807) is 0 Å². The molecule has 0 saturated heterocycles. The van der Waals surface area contributed by atoms with Gasteiger partial charge in [-0.1, -0.05) is 62.6 Å². The lowest BCUT2D eigenvalue weighted by atomic mass is 9.91. The minimum atomic E-state index is -0.901. The summed E-state index contributed by atoms with van der Waals surface area (Å²) in [6, 6.07) is 13.1. The Bertz CT molecular complexity index is 635. The third kappa shape index (κ3) is 5.04. The zero-order chi connectivity index (χ0) is 17.4. The Kier molecular flexibility index (Phi) is 7.22. The van der Waals surface area contributed by atoms with E-state index in [2.05, 4.69) is 43.3 Å². The number of nitrogens with two attached hydrogens (primary N) is 1. The van der Waals surface area contributed by atoms with Gasteiger partial charge in [0.15, 0.2) is 0 Å². The van der Waals surface area contributed by atoms with Gasteiger partial charge in [-0.2, -0.15) is 0 Å². The molecule has 0 saturated carbocycles. The molecule has 2 aromatic rings. The van der Waals surface area contributed by atoms with Gasteiger partial charge in [0, 0.05) is 0 Å². The topological polar surface area (TPSA) is 66.5 Å². The van der Waals surface area contributed by atoms with Crippen LogP contribution in [0.25, 0.3) is 10.8 Å². The van der Waals surface area contributed by atoms with E-state index < -0.39 is 5.54 Å². The standard InChI is InChI=1S/C21H31NO2/c1-2-3-4-5-7-17-10-11-20-18(8-6-9-19(20)14-17)12-13-21(22,15-23)16-24/h6,8-11,14,23-24H,2-5,7,12-13,15-16,22H2,1H3. The molecule has 0 bridgehead atoms. The minimum absolute atomic E-state index is 0.198. The Balaban J connectivity index is 2.09. The Morgan fingerprint density at radius 1 is 0.958 bits per heavy atom. The molecule has 3 heteroatoms. The van der Waals surface area contributed by atoms with E-state index >= 15 is 0 Å². The normalized spacial score (nSPS) is 12.0. The van der Waals surface area contributed by atoms with Gasteiger partial charge >= 0.3 is 0 Å². The number of unbranched alkanes of at least 4 members (excludes halogenated alkanes) is 3. The van der Waals surface area contributed by atoms with Crippen molar-refractivity contribution < 1.29 is 10.2 Å². The van der Waals surface area contributed by atoms with E-state index in [1.807, 2.05) is 0 Å². The molecule has 3 nitrogen and oxygen atoms in total. The molecule has 0 aromatic heterocycles. The summed E-state index contributed by atoms with van der Waals surface area (Å²) in [7, 11) is 0. The molecular formula is C21H31NO2. The number of rotatable bonds is 10. The highest BCUT2D eigenvalue weighted by Gasteiger charge is 2.22. The average molecular weight is 329 g/mol. The predicted molar refractivity (Wildman–Crippen MR) is 101 cm³/mol. The fourth-order valence-corrected chi connectivity index (χ4v) is 3.12. The molecule has 2 aromatic carbocycles. The summed E-state index contributed by atoms with van der Waals surface area (Å²) in [5.41, 5.74) is 7.71. The first-order valence-corrected chi connectivity index (χ1v) is 9.13. The maximum Gasteiger partial charge on any atom is 0.0633 e. The Morgan fingerprint density at radius 3 is 2.46 bits per heavy atom. The predicted octanol–water partition coefficient (Wildman–Crippen LogP) is 3.58. The van der Waals surface area contributed by atoms with Crippen LogP contribution >= 0.6 is 0 Å². The van der Waals surface area contributed by atoms with E-state index in [4.69, 9.17) is 5.73 Å². The van der Waals surface area contributed by atoms with Crippen molar-refractivity contribution in [3.8, 4) is 0 Å². The van der Waals surface area contributed by atoms with Gasteiger partial charge in [0.2, 0.25) is 0 Å². The van der Waals surface area contributed by atoms with E-state index in [0.29, 0.717) is 6.42 Å². The number of hydrogen-bond donors (Lipinski definition) is 3. The molecule has 0 aliphatic rings. The molecular weight excluding hydrogens is 298 g/mol. The Morgan fingerprint density at radius 2 is 1.75 bits per heavy atom. The second-order valence-corrected chi connectivity index (χ2v) is 6.96. The lowest BCUT2D eigenvalue weighted by Gasteiger charge is -2.24. The van der Waals surface area contributed by atoms with E-state index in [-0.39, 0.29) is 13.2 Å². The first kappa shape index (κ1) is 18.9. The van der Waals surface area contributed by atoms with Crippen LogP contribution < -0.4 is 5.73 Å². The molecule has 0 amide bonds. The quantitative estimate of drug-likeness (QED) is 0.584.